The number of carboxylic acid groups (broad SMARTS) is 1. The summed E-state index contributed by atoms with van der Waals surface area (Å²) < 4.78 is 1.11. The number of halogens is 1. The number of rotatable bonds is 2. The summed E-state index contributed by atoms with van der Waals surface area (Å²) in [4.78, 5) is 22.6. The number of aromatic amines is 1. The van der Waals surface area contributed by atoms with Gasteiger partial charge in [0.2, 0.25) is 0 Å². The first kappa shape index (κ1) is 13.0. The van der Waals surface area contributed by atoms with Gasteiger partial charge in [0.1, 0.15) is 5.82 Å². The third-order valence-corrected chi connectivity index (χ3v) is 4.46. The van der Waals surface area contributed by atoms with Crippen molar-refractivity contribution in [1.82, 2.24) is 15.0 Å². The van der Waals surface area contributed by atoms with Crippen LogP contribution in [-0.4, -0.2) is 26.0 Å². The number of carbonyl (C=O) groups is 1. The summed E-state index contributed by atoms with van der Waals surface area (Å²) in [5, 5.41) is 8.97. The molecule has 0 amide bonds. The summed E-state index contributed by atoms with van der Waals surface area (Å²) in [6, 6.07) is 7.53. The van der Waals surface area contributed by atoms with Gasteiger partial charge in [-0.1, -0.05) is 18.2 Å². The zero-order valence-corrected chi connectivity index (χ0v) is 12.7. The molecule has 0 fully saturated rings. The average molecular weight is 379 g/mol. The molecule has 0 bridgehead atoms. The SMILES string of the molecule is Cc1cccc(-c2nc3ncc(C(=O)O)cc3[nH]2)c1I. The molecule has 0 aliphatic rings. The first-order chi connectivity index (χ1) is 9.56. The van der Waals surface area contributed by atoms with E-state index >= 15 is 0 Å². The molecule has 0 spiro atoms. The van der Waals surface area contributed by atoms with E-state index in [0.29, 0.717) is 17.0 Å². The Hall–Kier alpha value is -1.96. The number of benzene rings is 1. The van der Waals surface area contributed by atoms with Gasteiger partial charge in [0.15, 0.2) is 5.65 Å². The number of aromatic nitrogens is 3. The maximum atomic E-state index is 10.9. The maximum absolute atomic E-state index is 10.9. The van der Waals surface area contributed by atoms with E-state index in [1.165, 1.54) is 11.8 Å². The molecule has 5 nitrogen and oxygen atoms in total. The number of H-pyrrole nitrogens is 1. The molecule has 0 atom stereocenters. The first-order valence-electron chi connectivity index (χ1n) is 5.91. The van der Waals surface area contributed by atoms with Crippen molar-refractivity contribution in [3.63, 3.8) is 0 Å². The second-order valence-corrected chi connectivity index (χ2v) is 5.50. The van der Waals surface area contributed by atoms with Crippen LogP contribution in [-0.2, 0) is 0 Å². The Labute approximate surface area is 128 Å². The van der Waals surface area contributed by atoms with E-state index < -0.39 is 5.97 Å². The molecular weight excluding hydrogens is 369 g/mol. The minimum absolute atomic E-state index is 0.145. The molecular formula is C14H10IN3O2. The summed E-state index contributed by atoms with van der Waals surface area (Å²) in [6.45, 7) is 2.04. The van der Waals surface area contributed by atoms with Crippen LogP contribution in [0.4, 0.5) is 0 Å². The van der Waals surface area contributed by atoms with Gasteiger partial charge in [-0.2, -0.15) is 0 Å². The molecule has 0 aliphatic heterocycles. The average Bonchev–Trinajstić information content (AvgIpc) is 2.84. The number of nitrogens with zero attached hydrogens (tertiary/aromatic N) is 2. The Balaban J connectivity index is 2.18. The smallest absolute Gasteiger partial charge is 0.337 e. The van der Waals surface area contributed by atoms with E-state index in [-0.39, 0.29) is 5.56 Å². The van der Waals surface area contributed by atoms with Crippen LogP contribution < -0.4 is 0 Å². The molecule has 20 heavy (non-hydrogen) atoms. The molecule has 2 aromatic heterocycles. The quantitative estimate of drug-likeness (QED) is 0.671. The van der Waals surface area contributed by atoms with Gasteiger partial charge in [-0.05, 0) is 41.1 Å². The third kappa shape index (κ3) is 2.15. The molecule has 0 saturated heterocycles. The van der Waals surface area contributed by atoms with Crippen molar-refractivity contribution in [2.24, 2.45) is 0 Å². The summed E-state index contributed by atoms with van der Waals surface area (Å²) in [5.74, 6) is -0.302. The van der Waals surface area contributed by atoms with Gasteiger partial charge in [-0.3, -0.25) is 0 Å². The molecule has 100 valence electrons. The lowest BCUT2D eigenvalue weighted by Crippen LogP contribution is -1.96. The van der Waals surface area contributed by atoms with Crippen molar-refractivity contribution in [2.75, 3.05) is 0 Å². The molecule has 0 saturated carbocycles. The highest BCUT2D eigenvalue weighted by Gasteiger charge is 2.12. The Morgan fingerprint density at radius 2 is 2.20 bits per heavy atom. The summed E-state index contributed by atoms with van der Waals surface area (Å²) in [5.41, 5.74) is 3.44. The highest BCUT2D eigenvalue weighted by atomic mass is 127. The second kappa shape index (κ2) is 4.86. The molecule has 0 unspecified atom stereocenters. The zero-order valence-electron chi connectivity index (χ0n) is 10.5. The van der Waals surface area contributed by atoms with Gasteiger partial charge in [0.05, 0.1) is 11.1 Å². The van der Waals surface area contributed by atoms with Crippen molar-refractivity contribution in [2.45, 2.75) is 6.92 Å². The molecule has 2 heterocycles. The minimum Gasteiger partial charge on any atom is -0.478 e. The predicted molar refractivity (Wildman–Crippen MR) is 83.7 cm³/mol. The van der Waals surface area contributed by atoms with Crippen LogP contribution in [0.3, 0.4) is 0 Å². The fourth-order valence-corrected chi connectivity index (χ4v) is 2.59. The standard InChI is InChI=1S/C14H10IN3O2/c1-7-3-2-4-9(11(7)15)12-17-10-5-8(14(19)20)6-16-13(10)18-12/h2-6H,1H3,(H,19,20)(H,16,17,18). The Morgan fingerprint density at radius 3 is 2.95 bits per heavy atom. The fourth-order valence-electron chi connectivity index (χ4n) is 1.97. The number of carboxylic acids is 1. The van der Waals surface area contributed by atoms with Gasteiger partial charge in [0, 0.05) is 15.3 Å². The molecule has 0 radical (unpaired) electrons. The number of aromatic carboxylic acids is 1. The van der Waals surface area contributed by atoms with Gasteiger partial charge < -0.3 is 10.1 Å². The number of hydrogen-bond acceptors (Lipinski definition) is 3. The van der Waals surface area contributed by atoms with Gasteiger partial charge in [-0.25, -0.2) is 14.8 Å². The van der Waals surface area contributed by atoms with Gasteiger partial charge >= 0.3 is 5.97 Å². The van der Waals surface area contributed by atoms with Crippen LogP contribution in [0.5, 0.6) is 0 Å². The molecule has 1 aromatic carbocycles. The minimum atomic E-state index is -0.999. The Bertz CT molecular complexity index is 826. The number of pyridine rings is 1. The number of imidazole rings is 1. The van der Waals surface area contributed by atoms with Crippen LogP contribution in [0, 0.1) is 10.5 Å². The van der Waals surface area contributed by atoms with Crippen molar-refractivity contribution in [3.8, 4) is 11.4 Å². The Morgan fingerprint density at radius 1 is 1.40 bits per heavy atom. The summed E-state index contributed by atoms with van der Waals surface area (Å²) in [7, 11) is 0. The molecule has 0 aliphatic carbocycles. The van der Waals surface area contributed by atoms with E-state index in [1.807, 2.05) is 25.1 Å². The molecule has 3 aromatic rings. The van der Waals surface area contributed by atoms with E-state index in [0.717, 1.165) is 9.13 Å². The van der Waals surface area contributed by atoms with Crippen molar-refractivity contribution >= 4 is 39.7 Å². The van der Waals surface area contributed by atoms with Crippen LogP contribution in [0.15, 0.2) is 30.5 Å². The van der Waals surface area contributed by atoms with Crippen molar-refractivity contribution < 1.29 is 9.90 Å². The van der Waals surface area contributed by atoms with Gasteiger partial charge in [0.25, 0.3) is 0 Å². The highest BCUT2D eigenvalue weighted by molar-refractivity contribution is 14.1. The van der Waals surface area contributed by atoms with Crippen LogP contribution >= 0.6 is 22.6 Å². The number of hydrogen-bond donors (Lipinski definition) is 2. The fraction of sp³-hybridized carbons (Fsp3) is 0.0714. The summed E-state index contributed by atoms with van der Waals surface area (Å²) >= 11 is 2.28. The van der Waals surface area contributed by atoms with Crippen LogP contribution in [0.2, 0.25) is 0 Å². The first-order valence-corrected chi connectivity index (χ1v) is 6.98. The predicted octanol–water partition coefficient (Wildman–Crippen LogP) is 3.24. The Kier molecular flexibility index (Phi) is 3.17. The largest absolute Gasteiger partial charge is 0.478 e. The topological polar surface area (TPSA) is 78.9 Å². The summed E-state index contributed by atoms with van der Waals surface area (Å²) in [6.07, 6.45) is 1.32. The lowest BCUT2D eigenvalue weighted by Gasteiger charge is -2.03. The number of nitrogens with one attached hydrogen (secondary N) is 1. The van der Waals surface area contributed by atoms with E-state index in [9.17, 15) is 4.79 Å². The normalized spacial score (nSPS) is 10.9. The van der Waals surface area contributed by atoms with Crippen LogP contribution in [0.1, 0.15) is 15.9 Å². The van der Waals surface area contributed by atoms with E-state index in [4.69, 9.17) is 5.11 Å². The maximum Gasteiger partial charge on any atom is 0.337 e. The highest BCUT2D eigenvalue weighted by Crippen LogP contribution is 2.26. The molecule has 6 heteroatoms. The van der Waals surface area contributed by atoms with E-state index in [2.05, 4.69) is 37.5 Å². The number of aryl methyl sites for hydroxylation is 1. The van der Waals surface area contributed by atoms with Crippen LogP contribution in [0.25, 0.3) is 22.6 Å². The van der Waals surface area contributed by atoms with Crippen molar-refractivity contribution in [1.29, 1.82) is 0 Å². The second-order valence-electron chi connectivity index (χ2n) is 4.42. The van der Waals surface area contributed by atoms with Crippen molar-refractivity contribution in [3.05, 3.63) is 45.2 Å². The monoisotopic (exact) mass is 379 g/mol. The lowest BCUT2D eigenvalue weighted by atomic mass is 10.1. The van der Waals surface area contributed by atoms with E-state index in [1.54, 1.807) is 6.07 Å². The zero-order chi connectivity index (χ0) is 14.3. The third-order valence-electron chi connectivity index (χ3n) is 3.03. The van der Waals surface area contributed by atoms with Gasteiger partial charge in [-0.15, -0.1) is 0 Å². The lowest BCUT2D eigenvalue weighted by molar-refractivity contribution is 0.0696. The number of fused-ring (bicyclic) bond motifs is 1. The molecule has 3 rings (SSSR count). The molecule has 2 N–H and O–H groups in total.